The van der Waals surface area contributed by atoms with E-state index in [2.05, 4.69) is 0 Å². The molecule has 0 saturated carbocycles. The second-order valence-electron chi connectivity index (χ2n) is 7.44. The van der Waals surface area contributed by atoms with Gasteiger partial charge in [-0.25, -0.2) is 4.79 Å². The predicted octanol–water partition coefficient (Wildman–Crippen LogP) is 5.37. The van der Waals surface area contributed by atoms with Crippen molar-refractivity contribution in [3.8, 4) is 0 Å². The molecule has 2 rings (SSSR count). The number of nitrogens with zero attached hydrogens (tertiary/aromatic N) is 1. The van der Waals surface area contributed by atoms with Gasteiger partial charge in [-0.1, -0.05) is 60.7 Å². The van der Waals surface area contributed by atoms with Gasteiger partial charge in [-0.2, -0.15) is 0 Å². The third kappa shape index (κ3) is 6.97. The van der Waals surface area contributed by atoms with Gasteiger partial charge in [0.15, 0.2) is 0 Å². The van der Waals surface area contributed by atoms with Crippen molar-refractivity contribution in [1.29, 1.82) is 0 Å². The zero-order valence-electron chi connectivity index (χ0n) is 16.3. The van der Waals surface area contributed by atoms with Gasteiger partial charge in [0, 0.05) is 11.1 Å². The van der Waals surface area contributed by atoms with Crippen LogP contribution in [0.25, 0.3) is 0 Å². The zero-order valence-corrected chi connectivity index (χ0v) is 16.3. The van der Waals surface area contributed by atoms with Crippen LogP contribution in [0, 0.1) is 0 Å². The van der Waals surface area contributed by atoms with E-state index in [-0.39, 0.29) is 5.97 Å². The van der Waals surface area contributed by atoms with Gasteiger partial charge in [0.25, 0.3) is 0 Å². The van der Waals surface area contributed by atoms with E-state index in [4.69, 9.17) is 9.73 Å². The molecule has 0 fully saturated rings. The second-order valence-corrected chi connectivity index (χ2v) is 7.44. The minimum Gasteiger partial charge on any atom is -0.458 e. The van der Waals surface area contributed by atoms with Crippen LogP contribution in [0.2, 0.25) is 0 Å². The fraction of sp³-hybridized carbons (Fsp3) is 0.391. The second kappa shape index (κ2) is 10.0. The van der Waals surface area contributed by atoms with Crippen LogP contribution in [0.5, 0.6) is 0 Å². The topological polar surface area (TPSA) is 38.7 Å². The number of carbonyl (C=O) groups is 1. The zero-order chi connectivity index (χ0) is 19.7. The Bertz CT molecular complexity index is 694. The summed E-state index contributed by atoms with van der Waals surface area (Å²) in [6.07, 6.45) is 1.46. The SMILES string of the molecule is CC(C)(C)OC(=O)[C@H](CCCCF)N=C(c1ccccc1)c1ccccc1. The molecule has 0 aliphatic heterocycles. The van der Waals surface area contributed by atoms with Gasteiger partial charge in [0.2, 0.25) is 0 Å². The van der Waals surface area contributed by atoms with E-state index in [1.807, 2.05) is 81.4 Å². The molecule has 0 heterocycles. The van der Waals surface area contributed by atoms with Gasteiger partial charge in [0.1, 0.15) is 11.6 Å². The van der Waals surface area contributed by atoms with Crippen molar-refractivity contribution < 1.29 is 13.9 Å². The Morgan fingerprint density at radius 2 is 1.48 bits per heavy atom. The van der Waals surface area contributed by atoms with E-state index < -0.39 is 18.3 Å². The van der Waals surface area contributed by atoms with Crippen molar-refractivity contribution in [2.24, 2.45) is 4.99 Å². The van der Waals surface area contributed by atoms with Gasteiger partial charge in [0.05, 0.1) is 12.4 Å². The smallest absolute Gasteiger partial charge is 0.331 e. The van der Waals surface area contributed by atoms with Gasteiger partial charge in [-0.15, -0.1) is 0 Å². The van der Waals surface area contributed by atoms with Crippen molar-refractivity contribution in [2.45, 2.75) is 51.7 Å². The quantitative estimate of drug-likeness (QED) is 0.356. The third-order valence-corrected chi connectivity index (χ3v) is 3.92. The maximum Gasteiger partial charge on any atom is 0.331 e. The highest BCUT2D eigenvalue weighted by Gasteiger charge is 2.25. The Labute approximate surface area is 161 Å². The van der Waals surface area contributed by atoms with Crippen molar-refractivity contribution in [1.82, 2.24) is 0 Å². The highest BCUT2D eigenvalue weighted by atomic mass is 19.1. The lowest BCUT2D eigenvalue weighted by atomic mass is 10.0. The molecule has 0 amide bonds. The number of carbonyl (C=O) groups excluding carboxylic acids is 1. The van der Waals surface area contributed by atoms with E-state index in [0.29, 0.717) is 19.3 Å². The molecule has 0 aromatic heterocycles. The third-order valence-electron chi connectivity index (χ3n) is 3.92. The molecule has 0 unspecified atom stereocenters. The Morgan fingerprint density at radius 3 is 1.93 bits per heavy atom. The minimum atomic E-state index is -0.661. The molecule has 144 valence electrons. The van der Waals surface area contributed by atoms with Crippen LogP contribution in [0.4, 0.5) is 4.39 Å². The number of benzene rings is 2. The number of rotatable bonds is 8. The molecule has 0 aliphatic rings. The highest BCUT2D eigenvalue weighted by Crippen LogP contribution is 2.18. The molecule has 27 heavy (non-hydrogen) atoms. The Hall–Kier alpha value is -2.49. The molecule has 2 aromatic rings. The molecule has 0 radical (unpaired) electrons. The number of hydrogen-bond donors (Lipinski definition) is 0. The van der Waals surface area contributed by atoms with Gasteiger partial charge in [-0.3, -0.25) is 9.38 Å². The van der Waals surface area contributed by atoms with Gasteiger partial charge >= 0.3 is 5.97 Å². The molecule has 0 bridgehead atoms. The van der Waals surface area contributed by atoms with Crippen LogP contribution >= 0.6 is 0 Å². The first-order valence-electron chi connectivity index (χ1n) is 9.38. The first kappa shape index (κ1) is 20.8. The van der Waals surface area contributed by atoms with E-state index in [9.17, 15) is 9.18 Å². The molecular formula is C23H28FNO2. The van der Waals surface area contributed by atoms with Crippen LogP contribution in [0.1, 0.15) is 51.2 Å². The van der Waals surface area contributed by atoms with Crippen LogP contribution in [-0.4, -0.2) is 30.0 Å². The maximum atomic E-state index is 12.7. The van der Waals surface area contributed by atoms with Crippen LogP contribution in [0.15, 0.2) is 65.7 Å². The summed E-state index contributed by atoms with van der Waals surface area (Å²) in [6, 6.07) is 18.9. The molecule has 0 spiro atoms. The number of esters is 1. The number of unbranched alkanes of at least 4 members (excludes halogenated alkanes) is 1. The average molecular weight is 369 g/mol. The molecule has 0 N–H and O–H groups in total. The average Bonchev–Trinajstić information content (AvgIpc) is 2.64. The number of alkyl halides is 1. The first-order chi connectivity index (χ1) is 12.9. The summed E-state index contributed by atoms with van der Waals surface area (Å²) in [6.45, 7) is 5.11. The Morgan fingerprint density at radius 1 is 0.963 bits per heavy atom. The standard InChI is InChI=1S/C23H28FNO2/c1-23(2,3)27-22(26)20(16-10-11-17-24)25-21(18-12-6-4-7-13-18)19-14-8-5-9-15-19/h4-9,12-15,20H,10-11,16-17H2,1-3H3/t20-/m0/s1. The lowest BCUT2D eigenvalue weighted by Gasteiger charge is -2.23. The highest BCUT2D eigenvalue weighted by molar-refractivity contribution is 6.13. The monoisotopic (exact) mass is 369 g/mol. The molecule has 0 aliphatic carbocycles. The summed E-state index contributed by atoms with van der Waals surface area (Å²) < 4.78 is 18.1. The van der Waals surface area contributed by atoms with Crippen LogP contribution in [0.3, 0.4) is 0 Å². The van der Waals surface area contributed by atoms with Crippen LogP contribution in [-0.2, 0) is 9.53 Å². The largest absolute Gasteiger partial charge is 0.458 e. The minimum absolute atomic E-state index is 0.370. The summed E-state index contributed by atoms with van der Waals surface area (Å²) in [7, 11) is 0. The molecule has 2 aromatic carbocycles. The normalized spacial score (nSPS) is 12.3. The van der Waals surface area contributed by atoms with Gasteiger partial charge < -0.3 is 4.74 Å². The Kier molecular flexibility index (Phi) is 7.71. The Balaban J connectivity index is 2.41. The van der Waals surface area contributed by atoms with E-state index in [1.165, 1.54) is 0 Å². The molecule has 1 atom stereocenters. The molecule has 0 saturated heterocycles. The summed E-state index contributed by atoms with van der Waals surface area (Å²) >= 11 is 0. The van der Waals surface area contributed by atoms with Gasteiger partial charge in [-0.05, 0) is 40.0 Å². The van der Waals surface area contributed by atoms with E-state index in [0.717, 1.165) is 16.8 Å². The van der Waals surface area contributed by atoms with E-state index in [1.54, 1.807) is 0 Å². The van der Waals surface area contributed by atoms with E-state index >= 15 is 0 Å². The van der Waals surface area contributed by atoms with Crippen molar-refractivity contribution >= 4 is 11.7 Å². The summed E-state index contributed by atoms with van der Waals surface area (Å²) in [5, 5.41) is 0. The predicted molar refractivity (Wildman–Crippen MR) is 108 cm³/mol. The lowest BCUT2D eigenvalue weighted by Crippen LogP contribution is -2.31. The summed E-state index contributed by atoms with van der Waals surface area (Å²) in [4.78, 5) is 17.5. The summed E-state index contributed by atoms with van der Waals surface area (Å²) in [5.41, 5.74) is 2.02. The molecule has 3 nitrogen and oxygen atoms in total. The maximum absolute atomic E-state index is 12.7. The van der Waals surface area contributed by atoms with Crippen molar-refractivity contribution in [3.63, 3.8) is 0 Å². The first-order valence-corrected chi connectivity index (χ1v) is 9.38. The fourth-order valence-electron chi connectivity index (χ4n) is 2.70. The number of hydrogen-bond acceptors (Lipinski definition) is 3. The molecule has 4 heteroatoms. The number of aliphatic imine (C=N–C) groups is 1. The lowest BCUT2D eigenvalue weighted by molar-refractivity contribution is -0.156. The fourth-order valence-corrected chi connectivity index (χ4v) is 2.70. The van der Waals surface area contributed by atoms with Crippen molar-refractivity contribution in [2.75, 3.05) is 6.67 Å². The van der Waals surface area contributed by atoms with Crippen molar-refractivity contribution in [3.05, 3.63) is 71.8 Å². The van der Waals surface area contributed by atoms with Crippen LogP contribution < -0.4 is 0 Å². The number of halogens is 1. The summed E-state index contributed by atoms with van der Waals surface area (Å²) in [5.74, 6) is -0.370. The number of ether oxygens (including phenoxy) is 1. The molecular weight excluding hydrogens is 341 g/mol.